The third-order valence-electron chi connectivity index (χ3n) is 12.6. The minimum Gasteiger partial charge on any atom is -0.466 e. The van der Waals surface area contributed by atoms with Gasteiger partial charge < -0.3 is 24.4 Å². The van der Waals surface area contributed by atoms with Gasteiger partial charge in [0.1, 0.15) is 0 Å². The van der Waals surface area contributed by atoms with Gasteiger partial charge in [0.25, 0.3) is 0 Å². The Morgan fingerprint density at radius 3 is 1.30 bits per heavy atom. The van der Waals surface area contributed by atoms with Gasteiger partial charge in [-0.1, -0.05) is 147 Å². The van der Waals surface area contributed by atoms with Crippen molar-refractivity contribution < 1.29 is 24.2 Å². The van der Waals surface area contributed by atoms with Gasteiger partial charge >= 0.3 is 11.9 Å². The number of hydrogen-bond donors (Lipinski definition) is 1. The van der Waals surface area contributed by atoms with E-state index in [0.717, 1.165) is 103 Å². The van der Waals surface area contributed by atoms with Gasteiger partial charge in [-0.3, -0.25) is 9.59 Å². The van der Waals surface area contributed by atoms with Crippen LogP contribution in [0.15, 0.2) is 24.3 Å². The van der Waals surface area contributed by atoms with Crippen LogP contribution in [0.5, 0.6) is 0 Å². The van der Waals surface area contributed by atoms with E-state index in [1.165, 1.54) is 141 Å². The molecule has 2 unspecified atom stereocenters. The number of aliphatic hydroxyl groups is 1. The number of carbonyl (C=O) groups excluding carboxylic acids is 2. The van der Waals surface area contributed by atoms with Crippen LogP contribution in [0.2, 0.25) is 0 Å². The number of rotatable bonds is 44. The van der Waals surface area contributed by atoms with Crippen molar-refractivity contribution in [3.8, 4) is 0 Å². The molecule has 0 bridgehead atoms. The van der Waals surface area contributed by atoms with Gasteiger partial charge in [0.05, 0.1) is 19.3 Å². The number of piperazine rings is 1. The normalized spacial score (nSPS) is 15.0. The molecule has 60 heavy (non-hydrogen) atoms. The molecule has 0 aromatic heterocycles. The number of likely N-dealkylation sites (N-methyl/N-ethyl adjacent to an activating group) is 1. The molecule has 0 aliphatic carbocycles. The summed E-state index contributed by atoms with van der Waals surface area (Å²) in [5.74, 6) is 0.105. The lowest BCUT2D eigenvalue weighted by Crippen LogP contribution is -2.47. The Morgan fingerprint density at radius 1 is 0.483 bits per heavy atom. The predicted molar refractivity (Wildman–Crippen MR) is 257 cm³/mol. The van der Waals surface area contributed by atoms with E-state index in [9.17, 15) is 14.7 Å². The fraction of sp³-hybridized carbons (Fsp3) is 0.887. The quantitative estimate of drug-likeness (QED) is 0.0372. The fourth-order valence-electron chi connectivity index (χ4n) is 8.34. The SMILES string of the molecule is CCCCCCCC/C=C\CCCCCCCC(=O)OCCCCCC(O)C(CCCCOC(=O)CCCCCCC/C=C\CCCCCCCC)CN1CCN(C)CC1. The molecule has 1 N–H and O–H groups in total. The lowest BCUT2D eigenvalue weighted by Gasteiger charge is -2.36. The second-order valence-corrected chi connectivity index (χ2v) is 18.4. The number of carbonyl (C=O) groups is 2. The Labute approximate surface area is 372 Å². The molecule has 1 fully saturated rings. The zero-order valence-corrected chi connectivity index (χ0v) is 40.1. The number of ether oxygens (including phenoxy) is 2. The first-order valence-corrected chi connectivity index (χ1v) is 26.2. The van der Waals surface area contributed by atoms with Crippen molar-refractivity contribution in [3.63, 3.8) is 0 Å². The van der Waals surface area contributed by atoms with Crippen molar-refractivity contribution in [1.82, 2.24) is 9.80 Å². The zero-order chi connectivity index (χ0) is 43.4. The minimum atomic E-state index is -0.336. The van der Waals surface area contributed by atoms with Crippen LogP contribution in [-0.2, 0) is 19.1 Å². The van der Waals surface area contributed by atoms with E-state index >= 15 is 0 Å². The number of hydrogen-bond acceptors (Lipinski definition) is 7. The van der Waals surface area contributed by atoms with E-state index in [1.807, 2.05) is 0 Å². The van der Waals surface area contributed by atoms with Crippen molar-refractivity contribution in [1.29, 1.82) is 0 Å². The monoisotopic (exact) mass is 845 g/mol. The number of nitrogens with zero attached hydrogens (tertiary/aromatic N) is 2. The van der Waals surface area contributed by atoms with Crippen LogP contribution in [0.3, 0.4) is 0 Å². The molecule has 0 spiro atoms. The van der Waals surface area contributed by atoms with E-state index < -0.39 is 0 Å². The lowest BCUT2D eigenvalue weighted by molar-refractivity contribution is -0.144. The van der Waals surface area contributed by atoms with Gasteiger partial charge in [-0.2, -0.15) is 0 Å². The van der Waals surface area contributed by atoms with Crippen LogP contribution in [0.1, 0.15) is 239 Å². The van der Waals surface area contributed by atoms with Crippen LogP contribution in [0.25, 0.3) is 0 Å². The highest BCUT2D eigenvalue weighted by Crippen LogP contribution is 2.21. The Hall–Kier alpha value is -1.70. The van der Waals surface area contributed by atoms with Gasteiger partial charge in [-0.05, 0) is 116 Å². The molecular formula is C53H100N2O5. The smallest absolute Gasteiger partial charge is 0.305 e. The van der Waals surface area contributed by atoms with Gasteiger partial charge in [0.2, 0.25) is 0 Å². The van der Waals surface area contributed by atoms with Crippen molar-refractivity contribution in [2.45, 2.75) is 245 Å². The number of unbranched alkanes of at least 4 members (excludes halogenated alkanes) is 25. The number of esters is 2. The van der Waals surface area contributed by atoms with Crippen LogP contribution in [-0.4, -0.2) is 85.9 Å². The Bertz CT molecular complexity index is 994. The van der Waals surface area contributed by atoms with Crippen LogP contribution >= 0.6 is 0 Å². The van der Waals surface area contributed by atoms with E-state index in [2.05, 4.69) is 55.0 Å². The lowest BCUT2D eigenvalue weighted by atomic mass is 9.91. The average Bonchev–Trinajstić information content (AvgIpc) is 3.24. The van der Waals surface area contributed by atoms with E-state index in [0.29, 0.717) is 26.1 Å². The molecule has 2 atom stereocenters. The van der Waals surface area contributed by atoms with Gasteiger partial charge in [0, 0.05) is 45.6 Å². The first kappa shape index (κ1) is 56.3. The maximum atomic E-state index is 12.3. The summed E-state index contributed by atoms with van der Waals surface area (Å²) >= 11 is 0. The molecule has 7 nitrogen and oxygen atoms in total. The molecule has 7 heteroatoms. The molecule has 0 radical (unpaired) electrons. The molecule has 352 valence electrons. The summed E-state index contributed by atoms with van der Waals surface area (Å²) in [5.41, 5.74) is 0. The first-order valence-electron chi connectivity index (χ1n) is 26.2. The molecule has 0 amide bonds. The predicted octanol–water partition coefficient (Wildman–Crippen LogP) is 14.1. The Kier molecular flexibility index (Phi) is 41.2. The van der Waals surface area contributed by atoms with Crippen LogP contribution in [0, 0.1) is 5.92 Å². The summed E-state index contributed by atoms with van der Waals surface area (Å²) in [6.07, 6.45) is 49.1. The molecule has 1 heterocycles. The third kappa shape index (κ3) is 38.0. The van der Waals surface area contributed by atoms with Crippen LogP contribution in [0.4, 0.5) is 0 Å². The maximum Gasteiger partial charge on any atom is 0.305 e. The zero-order valence-electron chi connectivity index (χ0n) is 40.1. The van der Waals surface area contributed by atoms with Crippen molar-refractivity contribution in [3.05, 3.63) is 24.3 Å². The average molecular weight is 845 g/mol. The van der Waals surface area contributed by atoms with Crippen molar-refractivity contribution in [2.75, 3.05) is 53.0 Å². The van der Waals surface area contributed by atoms with Crippen molar-refractivity contribution >= 4 is 11.9 Å². The minimum absolute atomic E-state index is 0.0598. The maximum absolute atomic E-state index is 12.3. The van der Waals surface area contributed by atoms with E-state index in [-0.39, 0.29) is 24.0 Å². The largest absolute Gasteiger partial charge is 0.466 e. The fourth-order valence-corrected chi connectivity index (χ4v) is 8.34. The third-order valence-corrected chi connectivity index (χ3v) is 12.6. The molecule has 0 aromatic carbocycles. The molecule has 0 aromatic rings. The summed E-state index contributed by atoms with van der Waals surface area (Å²) in [5, 5.41) is 11.3. The Balaban J connectivity index is 2.10. The second-order valence-electron chi connectivity index (χ2n) is 18.4. The van der Waals surface area contributed by atoms with Gasteiger partial charge in [-0.25, -0.2) is 0 Å². The molecule has 1 aliphatic rings. The molecule has 1 saturated heterocycles. The number of aliphatic hydroxyl groups excluding tert-OH is 1. The Morgan fingerprint density at radius 2 is 0.850 bits per heavy atom. The number of allylic oxidation sites excluding steroid dienone is 4. The highest BCUT2D eigenvalue weighted by Gasteiger charge is 2.24. The molecule has 0 saturated carbocycles. The van der Waals surface area contributed by atoms with Gasteiger partial charge in [0.15, 0.2) is 0 Å². The molecule has 1 rings (SSSR count). The first-order chi connectivity index (χ1) is 29.5. The molecule has 1 aliphatic heterocycles. The summed E-state index contributed by atoms with van der Waals surface area (Å²) in [7, 11) is 2.18. The van der Waals surface area contributed by atoms with E-state index in [1.54, 1.807) is 0 Å². The summed E-state index contributed by atoms with van der Waals surface area (Å²) in [4.78, 5) is 29.5. The highest BCUT2D eigenvalue weighted by molar-refractivity contribution is 5.69. The van der Waals surface area contributed by atoms with E-state index in [4.69, 9.17) is 9.47 Å². The molecular weight excluding hydrogens is 745 g/mol. The van der Waals surface area contributed by atoms with Gasteiger partial charge in [-0.15, -0.1) is 0 Å². The standard InChI is InChI=1S/C53H100N2O5/c1-4-6-8-10-12-14-16-18-20-22-24-26-28-30-34-41-52(57)59-47-37-32-33-40-51(56)50(49-55-45-43-54(3)44-46-55)39-36-38-48-60-53(58)42-35-31-29-27-25-23-21-19-17-15-13-11-9-7-5-2/h18-21,50-51,56H,4-17,22-49H2,1-3H3/b20-18-,21-19-. The van der Waals surface area contributed by atoms with Crippen molar-refractivity contribution in [2.24, 2.45) is 5.92 Å². The summed E-state index contributed by atoms with van der Waals surface area (Å²) in [6, 6.07) is 0. The second kappa shape index (κ2) is 43.9. The topological polar surface area (TPSA) is 79.3 Å². The summed E-state index contributed by atoms with van der Waals surface area (Å²) < 4.78 is 11.1. The van der Waals surface area contributed by atoms with Crippen LogP contribution < -0.4 is 0 Å². The summed E-state index contributed by atoms with van der Waals surface area (Å²) in [6.45, 7) is 10.7. The highest BCUT2D eigenvalue weighted by atomic mass is 16.5.